The number of carbonyl (C=O) groups excluding carboxylic acids is 1. The Bertz CT molecular complexity index is 543. The van der Waals surface area contributed by atoms with Gasteiger partial charge in [0.05, 0.1) is 10.0 Å². The van der Waals surface area contributed by atoms with E-state index in [1.165, 1.54) is 0 Å². The van der Waals surface area contributed by atoms with Gasteiger partial charge in [-0.2, -0.15) is 0 Å². The lowest BCUT2D eigenvalue weighted by Crippen LogP contribution is -2.62. The van der Waals surface area contributed by atoms with Crippen LogP contribution in [0.1, 0.15) is 15.9 Å². The Hall–Kier alpha value is -0.910. The Morgan fingerprint density at radius 1 is 1.30 bits per heavy atom. The minimum atomic E-state index is -0.635. The van der Waals surface area contributed by atoms with E-state index in [-0.39, 0.29) is 5.78 Å². The molecule has 0 radical (unpaired) electrons. The van der Waals surface area contributed by atoms with Gasteiger partial charge in [0.25, 0.3) is 0 Å². The number of ketones is 1. The summed E-state index contributed by atoms with van der Waals surface area (Å²) in [6.07, 6.45) is 0. The normalized spacial score (nSPS) is 22.1. The van der Waals surface area contributed by atoms with Crippen molar-refractivity contribution in [3.63, 3.8) is 0 Å². The van der Waals surface area contributed by atoms with Crippen LogP contribution in [0.5, 0.6) is 5.75 Å². The second kappa shape index (κ2) is 5.47. The van der Waals surface area contributed by atoms with Crippen molar-refractivity contribution in [3.05, 3.63) is 27.7 Å². The molecule has 1 aromatic carbocycles. The van der Waals surface area contributed by atoms with Gasteiger partial charge in [-0.1, -0.05) is 0 Å². The van der Waals surface area contributed by atoms with Crippen molar-refractivity contribution in [2.45, 2.75) is 12.5 Å². The summed E-state index contributed by atoms with van der Waals surface area (Å²) in [6, 6.07) is 3.89. The third kappa shape index (κ3) is 2.50. The van der Waals surface area contributed by atoms with Crippen molar-refractivity contribution < 1.29 is 9.53 Å². The van der Waals surface area contributed by atoms with Crippen molar-refractivity contribution in [1.82, 2.24) is 9.80 Å². The first kappa shape index (κ1) is 15.5. The smallest absolute Gasteiger partial charge is 0.191 e. The highest BCUT2D eigenvalue weighted by Gasteiger charge is 2.47. The van der Waals surface area contributed by atoms with E-state index in [1.54, 1.807) is 0 Å². The first-order chi connectivity index (χ1) is 9.28. The van der Waals surface area contributed by atoms with Crippen LogP contribution >= 0.6 is 15.9 Å². The number of benzene rings is 1. The molecule has 0 N–H and O–H groups in total. The molecule has 20 heavy (non-hydrogen) atoms. The highest BCUT2D eigenvalue weighted by molar-refractivity contribution is 9.10. The molecule has 1 unspecified atom stereocenters. The van der Waals surface area contributed by atoms with Gasteiger partial charge in [0.2, 0.25) is 0 Å². The van der Waals surface area contributed by atoms with Gasteiger partial charge in [0, 0.05) is 6.54 Å². The number of hydrogen-bond acceptors (Lipinski definition) is 4. The zero-order valence-corrected chi connectivity index (χ0v) is 14.2. The van der Waals surface area contributed by atoms with Gasteiger partial charge in [-0.15, -0.1) is 0 Å². The van der Waals surface area contributed by atoms with Crippen LogP contribution in [-0.4, -0.2) is 62.5 Å². The van der Waals surface area contributed by atoms with Crippen LogP contribution in [-0.2, 0) is 0 Å². The summed E-state index contributed by atoms with van der Waals surface area (Å²) >= 11 is 3.48. The summed E-state index contributed by atoms with van der Waals surface area (Å²) in [5.41, 5.74) is 1.08. The van der Waals surface area contributed by atoms with Crippen LogP contribution in [0.3, 0.4) is 0 Å². The maximum atomic E-state index is 13.1. The van der Waals surface area contributed by atoms with Gasteiger partial charge in [0.1, 0.15) is 17.9 Å². The number of halogens is 1. The molecule has 4 nitrogen and oxygen atoms in total. The monoisotopic (exact) mass is 340 g/mol. The van der Waals surface area contributed by atoms with Crippen LogP contribution in [0, 0.1) is 6.92 Å². The molecule has 1 heterocycles. The minimum absolute atomic E-state index is 0.127. The van der Waals surface area contributed by atoms with E-state index in [2.05, 4.69) is 15.9 Å². The SMILES string of the molecule is Cc1cc(Br)c2c(c1)C(=O)C(CN(C)C)(N(C)C)CO2. The van der Waals surface area contributed by atoms with E-state index in [0.29, 0.717) is 24.5 Å². The molecule has 2 rings (SSSR count). The molecule has 0 saturated carbocycles. The van der Waals surface area contributed by atoms with Crippen molar-refractivity contribution in [3.8, 4) is 5.75 Å². The minimum Gasteiger partial charge on any atom is -0.489 e. The zero-order valence-electron chi connectivity index (χ0n) is 12.7. The molecule has 1 atom stereocenters. The number of ether oxygens (including phenoxy) is 1. The second-order valence-corrected chi connectivity index (χ2v) is 6.76. The fourth-order valence-corrected chi connectivity index (χ4v) is 3.36. The first-order valence-corrected chi connectivity index (χ1v) is 7.37. The van der Waals surface area contributed by atoms with Gasteiger partial charge in [0.15, 0.2) is 5.78 Å². The first-order valence-electron chi connectivity index (χ1n) is 6.58. The number of fused-ring (bicyclic) bond motifs is 1. The summed E-state index contributed by atoms with van der Waals surface area (Å²) in [7, 11) is 7.81. The third-order valence-electron chi connectivity index (χ3n) is 3.74. The van der Waals surface area contributed by atoms with Crippen LogP contribution in [0.25, 0.3) is 0 Å². The molecule has 1 aliphatic rings. The average molecular weight is 341 g/mol. The molecule has 0 saturated heterocycles. The Kier molecular flexibility index (Phi) is 4.23. The predicted octanol–water partition coefficient (Wildman–Crippen LogP) is 2.19. The summed E-state index contributed by atoms with van der Waals surface area (Å²) in [4.78, 5) is 17.0. The van der Waals surface area contributed by atoms with Crippen LogP contribution < -0.4 is 4.74 Å². The third-order valence-corrected chi connectivity index (χ3v) is 4.33. The molecule has 1 aliphatic heterocycles. The van der Waals surface area contributed by atoms with Gasteiger partial charge in [-0.05, 0) is 68.7 Å². The fourth-order valence-electron chi connectivity index (χ4n) is 2.67. The second-order valence-electron chi connectivity index (χ2n) is 5.91. The van der Waals surface area contributed by atoms with E-state index in [4.69, 9.17) is 4.74 Å². The summed E-state index contributed by atoms with van der Waals surface area (Å²) in [5.74, 6) is 0.790. The molecule has 0 aliphatic carbocycles. The largest absolute Gasteiger partial charge is 0.489 e. The van der Waals surface area contributed by atoms with E-state index in [1.807, 2.05) is 57.0 Å². The lowest BCUT2D eigenvalue weighted by molar-refractivity contribution is 0.0333. The van der Waals surface area contributed by atoms with Crippen molar-refractivity contribution in [1.29, 1.82) is 0 Å². The molecule has 1 aromatic rings. The molecule has 0 spiro atoms. The van der Waals surface area contributed by atoms with Gasteiger partial charge in [-0.3, -0.25) is 9.69 Å². The van der Waals surface area contributed by atoms with Crippen molar-refractivity contribution >= 4 is 21.7 Å². The lowest BCUT2D eigenvalue weighted by Gasteiger charge is -2.43. The maximum Gasteiger partial charge on any atom is 0.191 e. The molecule has 0 aromatic heterocycles. The number of likely N-dealkylation sites (N-methyl/N-ethyl adjacent to an activating group) is 2. The lowest BCUT2D eigenvalue weighted by atomic mass is 9.85. The maximum absolute atomic E-state index is 13.1. The molecule has 0 bridgehead atoms. The topological polar surface area (TPSA) is 32.8 Å². The number of Topliss-reactive ketones (excluding diaryl/α,β-unsaturated/α-hetero) is 1. The Labute approximate surface area is 128 Å². The van der Waals surface area contributed by atoms with Crippen molar-refractivity contribution in [2.24, 2.45) is 0 Å². The van der Waals surface area contributed by atoms with E-state index in [0.717, 1.165) is 10.0 Å². The van der Waals surface area contributed by atoms with Gasteiger partial charge in [-0.25, -0.2) is 0 Å². The molecular weight excluding hydrogens is 320 g/mol. The van der Waals surface area contributed by atoms with Gasteiger partial charge >= 0.3 is 0 Å². The fraction of sp³-hybridized carbons (Fsp3) is 0.533. The average Bonchev–Trinajstić information content (AvgIpc) is 2.32. The van der Waals surface area contributed by atoms with E-state index in [9.17, 15) is 4.79 Å². The van der Waals surface area contributed by atoms with Crippen molar-refractivity contribution in [2.75, 3.05) is 41.3 Å². The summed E-state index contributed by atoms with van der Waals surface area (Å²) in [5, 5.41) is 0. The summed E-state index contributed by atoms with van der Waals surface area (Å²) < 4.78 is 6.77. The van der Waals surface area contributed by atoms with E-state index < -0.39 is 5.54 Å². The predicted molar refractivity (Wildman–Crippen MR) is 83.7 cm³/mol. The van der Waals surface area contributed by atoms with Crippen LogP contribution in [0.15, 0.2) is 16.6 Å². The quantitative estimate of drug-likeness (QED) is 0.844. The number of carbonyl (C=O) groups is 1. The number of aryl methyl sites for hydroxylation is 1. The highest BCUT2D eigenvalue weighted by Crippen LogP contribution is 2.38. The standard InChI is InChI=1S/C15H21BrN2O2/c1-10-6-11-13(12(16)7-10)20-9-15(14(11)19,18(4)5)8-17(2)3/h6-7H,8-9H2,1-5H3. The van der Waals surface area contributed by atoms with Crippen LogP contribution in [0.4, 0.5) is 0 Å². The summed E-state index contributed by atoms with van der Waals surface area (Å²) in [6.45, 7) is 2.98. The zero-order chi connectivity index (χ0) is 15.1. The Morgan fingerprint density at radius 2 is 1.95 bits per heavy atom. The molecule has 0 amide bonds. The highest BCUT2D eigenvalue weighted by atomic mass is 79.9. The number of rotatable bonds is 3. The molecular formula is C15H21BrN2O2. The van der Waals surface area contributed by atoms with Gasteiger partial charge < -0.3 is 9.64 Å². The van der Waals surface area contributed by atoms with Crippen LogP contribution in [0.2, 0.25) is 0 Å². The van der Waals surface area contributed by atoms with E-state index >= 15 is 0 Å². The number of hydrogen-bond donors (Lipinski definition) is 0. The molecule has 110 valence electrons. The molecule has 5 heteroatoms. The Balaban J connectivity index is 2.53. The molecule has 0 fully saturated rings. The number of nitrogens with zero attached hydrogens (tertiary/aromatic N) is 2. The Morgan fingerprint density at radius 3 is 2.50 bits per heavy atom.